The van der Waals surface area contributed by atoms with Gasteiger partial charge in [0.2, 0.25) is 5.89 Å². The van der Waals surface area contributed by atoms with Crippen LogP contribution in [0.1, 0.15) is 54.3 Å². The number of aromatic nitrogens is 4. The topological polar surface area (TPSA) is 94.1 Å². The Bertz CT molecular complexity index is 782. The summed E-state index contributed by atoms with van der Waals surface area (Å²) in [5.41, 5.74) is 0.108. The number of hydrogen-bond donors (Lipinski definition) is 0. The van der Waals surface area contributed by atoms with Gasteiger partial charge >= 0.3 is 0 Å². The molecule has 8 heteroatoms. The van der Waals surface area contributed by atoms with E-state index in [1.54, 1.807) is 11.8 Å². The van der Waals surface area contributed by atoms with Gasteiger partial charge in [0.15, 0.2) is 5.82 Å². The molecular weight excluding hydrogens is 310 g/mol. The fraction of sp³-hybridized carbons (Fsp3) is 0.562. The summed E-state index contributed by atoms with van der Waals surface area (Å²) in [4.78, 5) is 30.5. The Morgan fingerprint density at radius 2 is 2.25 bits per heavy atom. The Labute approximate surface area is 139 Å². The van der Waals surface area contributed by atoms with Crippen LogP contribution >= 0.6 is 0 Å². The molecule has 1 fully saturated rings. The van der Waals surface area contributed by atoms with E-state index in [0.717, 1.165) is 19.3 Å². The maximum absolute atomic E-state index is 12.7. The molecular formula is C16H21N5O3. The standard InChI is InChI=1S/C16H21N5O3/c1-3-8-21-14(22)7-6-13(18-21)16(23)20-9-4-5-12(10-20)15-17-11(2)19-24-15/h6-7,12H,3-5,8-10H2,1-2H3/t12-/m0/s1. The van der Waals surface area contributed by atoms with Crippen LogP contribution in [0.3, 0.4) is 0 Å². The van der Waals surface area contributed by atoms with Gasteiger partial charge in [-0.1, -0.05) is 12.1 Å². The first-order valence-electron chi connectivity index (χ1n) is 8.26. The molecule has 0 unspecified atom stereocenters. The molecule has 2 aromatic rings. The van der Waals surface area contributed by atoms with Crippen molar-refractivity contribution in [3.63, 3.8) is 0 Å². The summed E-state index contributed by atoms with van der Waals surface area (Å²) >= 11 is 0. The number of aryl methyl sites for hydroxylation is 2. The second-order valence-corrected chi connectivity index (χ2v) is 6.05. The number of nitrogens with zero attached hydrogens (tertiary/aromatic N) is 5. The van der Waals surface area contributed by atoms with Gasteiger partial charge in [0.1, 0.15) is 5.69 Å². The minimum absolute atomic E-state index is 0.0467. The molecule has 0 aromatic carbocycles. The van der Waals surface area contributed by atoms with Gasteiger partial charge in [0.05, 0.1) is 5.92 Å². The van der Waals surface area contributed by atoms with Crippen LogP contribution in [0.5, 0.6) is 0 Å². The van der Waals surface area contributed by atoms with Crippen molar-refractivity contribution in [2.75, 3.05) is 13.1 Å². The molecule has 8 nitrogen and oxygen atoms in total. The van der Waals surface area contributed by atoms with Crippen LogP contribution in [0.25, 0.3) is 0 Å². The monoisotopic (exact) mass is 331 g/mol. The molecule has 128 valence electrons. The van der Waals surface area contributed by atoms with E-state index in [2.05, 4.69) is 15.2 Å². The molecule has 24 heavy (non-hydrogen) atoms. The molecule has 1 aliphatic rings. The first-order valence-corrected chi connectivity index (χ1v) is 8.26. The van der Waals surface area contributed by atoms with Gasteiger partial charge in [-0.25, -0.2) is 4.68 Å². The third-order valence-corrected chi connectivity index (χ3v) is 4.12. The predicted molar refractivity (Wildman–Crippen MR) is 85.7 cm³/mol. The van der Waals surface area contributed by atoms with E-state index in [1.807, 2.05) is 6.92 Å². The van der Waals surface area contributed by atoms with Crippen molar-refractivity contribution in [1.82, 2.24) is 24.8 Å². The van der Waals surface area contributed by atoms with Crippen molar-refractivity contribution in [1.29, 1.82) is 0 Å². The Balaban J connectivity index is 1.77. The molecule has 0 bridgehead atoms. The summed E-state index contributed by atoms with van der Waals surface area (Å²) in [6.07, 6.45) is 2.56. The summed E-state index contributed by atoms with van der Waals surface area (Å²) in [7, 11) is 0. The largest absolute Gasteiger partial charge is 0.339 e. The first kappa shape index (κ1) is 16.4. The average molecular weight is 331 g/mol. The van der Waals surface area contributed by atoms with Crippen LogP contribution in [-0.4, -0.2) is 43.8 Å². The van der Waals surface area contributed by atoms with E-state index >= 15 is 0 Å². The summed E-state index contributed by atoms with van der Waals surface area (Å²) in [5.74, 6) is 1.06. The van der Waals surface area contributed by atoms with Gasteiger partial charge in [-0.2, -0.15) is 10.1 Å². The highest BCUT2D eigenvalue weighted by Crippen LogP contribution is 2.26. The number of carbonyl (C=O) groups is 1. The van der Waals surface area contributed by atoms with Crippen LogP contribution in [0.15, 0.2) is 21.5 Å². The van der Waals surface area contributed by atoms with Crippen molar-refractivity contribution < 1.29 is 9.32 Å². The van der Waals surface area contributed by atoms with Crippen molar-refractivity contribution in [3.05, 3.63) is 39.9 Å². The van der Waals surface area contributed by atoms with Crippen LogP contribution in [-0.2, 0) is 6.54 Å². The maximum Gasteiger partial charge on any atom is 0.274 e. The third kappa shape index (κ3) is 3.37. The number of carbonyl (C=O) groups excluding carboxylic acids is 1. The van der Waals surface area contributed by atoms with Gasteiger partial charge in [-0.05, 0) is 32.3 Å². The van der Waals surface area contributed by atoms with Gasteiger partial charge in [0, 0.05) is 25.7 Å². The SMILES string of the molecule is CCCn1nc(C(=O)N2CCC[C@H](c3nc(C)no3)C2)ccc1=O. The van der Waals surface area contributed by atoms with Crippen molar-refractivity contribution in [2.45, 2.75) is 45.6 Å². The smallest absolute Gasteiger partial charge is 0.274 e. The van der Waals surface area contributed by atoms with Crippen molar-refractivity contribution in [3.8, 4) is 0 Å². The Morgan fingerprint density at radius 3 is 2.96 bits per heavy atom. The molecule has 0 N–H and O–H groups in total. The lowest BCUT2D eigenvalue weighted by Crippen LogP contribution is -2.40. The third-order valence-electron chi connectivity index (χ3n) is 4.12. The van der Waals surface area contributed by atoms with Crippen molar-refractivity contribution >= 4 is 5.91 Å². The normalized spacial score (nSPS) is 17.9. The van der Waals surface area contributed by atoms with Crippen LogP contribution < -0.4 is 5.56 Å². The molecule has 1 saturated heterocycles. The summed E-state index contributed by atoms with van der Waals surface area (Å²) in [5, 5.41) is 8.02. The molecule has 3 rings (SSSR count). The molecule has 1 amide bonds. The highest BCUT2D eigenvalue weighted by molar-refractivity contribution is 5.92. The Morgan fingerprint density at radius 1 is 1.42 bits per heavy atom. The molecule has 0 spiro atoms. The molecule has 0 aliphatic carbocycles. The molecule has 1 aliphatic heterocycles. The Kier molecular flexibility index (Phi) is 4.73. The van der Waals surface area contributed by atoms with E-state index in [-0.39, 0.29) is 17.4 Å². The van der Waals surface area contributed by atoms with Crippen molar-refractivity contribution in [2.24, 2.45) is 0 Å². The number of likely N-dealkylation sites (tertiary alicyclic amines) is 1. The van der Waals surface area contributed by atoms with Crippen LogP contribution in [0.4, 0.5) is 0 Å². The van der Waals surface area contributed by atoms with E-state index < -0.39 is 0 Å². The fourth-order valence-electron chi connectivity index (χ4n) is 2.94. The minimum Gasteiger partial charge on any atom is -0.339 e. The quantitative estimate of drug-likeness (QED) is 0.840. The fourth-order valence-corrected chi connectivity index (χ4v) is 2.94. The summed E-state index contributed by atoms with van der Waals surface area (Å²) < 4.78 is 6.59. The average Bonchev–Trinajstić information content (AvgIpc) is 3.03. The second-order valence-electron chi connectivity index (χ2n) is 6.05. The first-order chi connectivity index (χ1) is 11.6. The van der Waals surface area contributed by atoms with E-state index in [1.165, 1.54) is 16.8 Å². The molecule has 0 saturated carbocycles. The van der Waals surface area contributed by atoms with Crippen LogP contribution in [0, 0.1) is 6.92 Å². The number of hydrogen-bond acceptors (Lipinski definition) is 6. The Hall–Kier alpha value is -2.51. The second kappa shape index (κ2) is 6.94. The highest BCUT2D eigenvalue weighted by atomic mass is 16.5. The van der Waals surface area contributed by atoms with Crippen LogP contribution in [0.2, 0.25) is 0 Å². The molecule has 3 heterocycles. The number of amides is 1. The highest BCUT2D eigenvalue weighted by Gasteiger charge is 2.29. The number of rotatable bonds is 4. The summed E-state index contributed by atoms with van der Waals surface area (Å²) in [6, 6.07) is 2.90. The van der Waals surface area contributed by atoms with Gasteiger partial charge in [-0.3, -0.25) is 9.59 Å². The lowest BCUT2D eigenvalue weighted by Gasteiger charge is -2.30. The zero-order valence-corrected chi connectivity index (χ0v) is 13.9. The lowest BCUT2D eigenvalue weighted by atomic mass is 9.97. The zero-order valence-electron chi connectivity index (χ0n) is 13.9. The molecule has 0 radical (unpaired) electrons. The number of piperidine rings is 1. The predicted octanol–water partition coefficient (Wildman–Crippen LogP) is 1.36. The maximum atomic E-state index is 12.7. The molecule has 2 aromatic heterocycles. The minimum atomic E-state index is -0.189. The molecule has 1 atom stereocenters. The zero-order chi connectivity index (χ0) is 17.1. The van der Waals surface area contributed by atoms with E-state index in [4.69, 9.17) is 4.52 Å². The van der Waals surface area contributed by atoms with Gasteiger partial charge < -0.3 is 9.42 Å². The lowest BCUT2D eigenvalue weighted by molar-refractivity contribution is 0.0686. The van der Waals surface area contributed by atoms with E-state index in [9.17, 15) is 9.59 Å². The van der Waals surface area contributed by atoms with Gasteiger partial charge in [-0.15, -0.1) is 0 Å². The summed E-state index contributed by atoms with van der Waals surface area (Å²) in [6.45, 7) is 5.43. The van der Waals surface area contributed by atoms with Gasteiger partial charge in [0.25, 0.3) is 11.5 Å². The van der Waals surface area contributed by atoms with E-state index in [0.29, 0.717) is 37.0 Å².